The number of aromatic nitrogens is 1. The molecule has 0 spiro atoms. The van der Waals surface area contributed by atoms with Crippen LogP contribution in [0.2, 0.25) is 0 Å². The van der Waals surface area contributed by atoms with Crippen molar-refractivity contribution >= 4 is 10.9 Å². The highest BCUT2D eigenvalue weighted by atomic mass is 16.5. The summed E-state index contributed by atoms with van der Waals surface area (Å²) < 4.78 is 5.97. The lowest BCUT2D eigenvalue weighted by atomic mass is 10.0. The Morgan fingerprint density at radius 1 is 1.14 bits per heavy atom. The first-order valence-corrected chi connectivity index (χ1v) is 7.68. The normalized spacial score (nSPS) is 11.9. The molecule has 2 aromatic rings. The van der Waals surface area contributed by atoms with Crippen molar-refractivity contribution < 1.29 is 4.74 Å². The molecule has 0 radical (unpaired) electrons. The number of nitrogens with zero attached hydrogens (tertiary/aromatic N) is 1. The van der Waals surface area contributed by atoms with Crippen LogP contribution in [0.3, 0.4) is 0 Å². The minimum atomic E-state index is -0.189. The van der Waals surface area contributed by atoms with E-state index in [4.69, 9.17) is 10.5 Å². The molecular formula is C18H26N2O. The maximum Gasteiger partial charge on any atom is 0.120 e. The van der Waals surface area contributed by atoms with Gasteiger partial charge < -0.3 is 10.5 Å². The molecule has 21 heavy (non-hydrogen) atoms. The first-order chi connectivity index (χ1) is 9.89. The largest absolute Gasteiger partial charge is 0.488 e. The summed E-state index contributed by atoms with van der Waals surface area (Å²) in [6.07, 6.45) is 3.20. The van der Waals surface area contributed by atoms with Gasteiger partial charge in [-0.25, -0.2) is 0 Å². The number of aryl methyl sites for hydroxylation is 2. The molecule has 0 aliphatic carbocycles. The second kappa shape index (κ2) is 6.44. The molecule has 0 atom stereocenters. The van der Waals surface area contributed by atoms with E-state index in [2.05, 4.69) is 44.0 Å². The number of rotatable bonds is 5. The second-order valence-corrected chi connectivity index (χ2v) is 6.56. The van der Waals surface area contributed by atoms with Crippen LogP contribution >= 0.6 is 0 Å². The molecule has 114 valence electrons. The fourth-order valence-corrected chi connectivity index (χ4v) is 2.51. The summed E-state index contributed by atoms with van der Waals surface area (Å²) >= 11 is 0. The number of benzene rings is 1. The zero-order valence-electron chi connectivity index (χ0n) is 13.6. The first kappa shape index (κ1) is 15.8. The predicted octanol–water partition coefficient (Wildman–Crippen LogP) is 4.00. The highest BCUT2D eigenvalue weighted by Crippen LogP contribution is 2.27. The van der Waals surface area contributed by atoms with Crippen molar-refractivity contribution in [3.8, 4) is 5.75 Å². The van der Waals surface area contributed by atoms with Gasteiger partial charge in [-0.05, 0) is 83.3 Å². The minimum Gasteiger partial charge on any atom is -0.488 e. The summed E-state index contributed by atoms with van der Waals surface area (Å²) in [6, 6.07) is 8.35. The third kappa shape index (κ3) is 4.43. The van der Waals surface area contributed by atoms with Gasteiger partial charge >= 0.3 is 0 Å². The molecule has 1 heterocycles. The van der Waals surface area contributed by atoms with E-state index in [1.807, 2.05) is 13.0 Å². The van der Waals surface area contributed by atoms with Crippen molar-refractivity contribution in [2.45, 2.75) is 52.6 Å². The van der Waals surface area contributed by atoms with Crippen LogP contribution in [0.1, 0.15) is 44.9 Å². The van der Waals surface area contributed by atoms with Crippen molar-refractivity contribution in [2.24, 2.45) is 5.73 Å². The van der Waals surface area contributed by atoms with Gasteiger partial charge in [0.2, 0.25) is 0 Å². The quantitative estimate of drug-likeness (QED) is 0.845. The molecule has 2 rings (SSSR count). The molecule has 3 heteroatoms. The van der Waals surface area contributed by atoms with Crippen molar-refractivity contribution in [3.05, 3.63) is 35.5 Å². The molecule has 1 aromatic carbocycles. The lowest BCUT2D eigenvalue weighted by Crippen LogP contribution is -2.22. The number of ether oxygens (including phenoxy) is 1. The molecule has 0 amide bonds. The van der Waals surface area contributed by atoms with Crippen LogP contribution in [0.25, 0.3) is 10.9 Å². The second-order valence-electron chi connectivity index (χ2n) is 6.56. The number of unbranched alkanes of at least 4 members (excludes halogenated alkanes) is 1. The smallest absolute Gasteiger partial charge is 0.120 e. The average Bonchev–Trinajstić information content (AvgIpc) is 2.37. The average molecular weight is 286 g/mol. The summed E-state index contributed by atoms with van der Waals surface area (Å²) in [5, 5.41) is 1.19. The summed E-state index contributed by atoms with van der Waals surface area (Å²) in [7, 11) is 0. The maximum absolute atomic E-state index is 5.97. The van der Waals surface area contributed by atoms with E-state index in [0.29, 0.717) is 0 Å². The van der Waals surface area contributed by atoms with E-state index in [1.54, 1.807) is 0 Å². The Hall–Kier alpha value is -1.61. The van der Waals surface area contributed by atoms with Gasteiger partial charge in [-0.15, -0.1) is 0 Å². The van der Waals surface area contributed by atoms with Gasteiger partial charge in [-0.2, -0.15) is 0 Å². The van der Waals surface area contributed by atoms with Crippen LogP contribution in [0, 0.1) is 6.92 Å². The summed E-state index contributed by atoms with van der Waals surface area (Å²) in [5.41, 5.74) is 8.85. The van der Waals surface area contributed by atoms with Crippen molar-refractivity contribution in [1.82, 2.24) is 4.98 Å². The van der Waals surface area contributed by atoms with Gasteiger partial charge in [0.05, 0.1) is 5.52 Å². The van der Waals surface area contributed by atoms with E-state index in [1.165, 1.54) is 10.9 Å². The van der Waals surface area contributed by atoms with Crippen LogP contribution in [0.15, 0.2) is 24.3 Å². The molecule has 0 aliphatic rings. The molecule has 3 nitrogen and oxygen atoms in total. The zero-order chi connectivity index (χ0) is 15.5. The molecule has 0 bridgehead atoms. The van der Waals surface area contributed by atoms with Crippen molar-refractivity contribution in [3.63, 3.8) is 0 Å². The van der Waals surface area contributed by atoms with Crippen molar-refractivity contribution in [1.29, 1.82) is 0 Å². The fourth-order valence-electron chi connectivity index (χ4n) is 2.51. The van der Waals surface area contributed by atoms with E-state index in [0.717, 1.165) is 42.8 Å². The van der Waals surface area contributed by atoms with Crippen LogP contribution in [0.5, 0.6) is 5.75 Å². The standard InChI is InChI=1S/C18H26N2O/c1-13-11-14(7-5-6-10-19)16-12-15(21-18(2,3)4)8-9-17(16)20-13/h8-9,11-12H,5-7,10,19H2,1-4H3. The van der Waals surface area contributed by atoms with Crippen LogP contribution in [0.4, 0.5) is 0 Å². The van der Waals surface area contributed by atoms with E-state index >= 15 is 0 Å². The van der Waals surface area contributed by atoms with Crippen LogP contribution in [-0.2, 0) is 6.42 Å². The lowest BCUT2D eigenvalue weighted by Gasteiger charge is -2.21. The van der Waals surface area contributed by atoms with Gasteiger partial charge in [-0.1, -0.05) is 0 Å². The number of fused-ring (bicyclic) bond motifs is 1. The Bertz CT molecular complexity index is 614. The van der Waals surface area contributed by atoms with E-state index in [-0.39, 0.29) is 5.60 Å². The monoisotopic (exact) mass is 286 g/mol. The Labute approximate surface area is 127 Å². The van der Waals surface area contributed by atoms with Gasteiger partial charge in [0.15, 0.2) is 0 Å². The van der Waals surface area contributed by atoms with Gasteiger partial charge in [0.25, 0.3) is 0 Å². The fraction of sp³-hybridized carbons (Fsp3) is 0.500. The Morgan fingerprint density at radius 2 is 1.90 bits per heavy atom. The Kier molecular flexibility index (Phi) is 4.84. The predicted molar refractivity (Wildman–Crippen MR) is 88.9 cm³/mol. The zero-order valence-corrected chi connectivity index (χ0v) is 13.6. The van der Waals surface area contributed by atoms with Crippen molar-refractivity contribution in [2.75, 3.05) is 6.54 Å². The highest BCUT2D eigenvalue weighted by Gasteiger charge is 2.13. The summed E-state index contributed by atoms with van der Waals surface area (Å²) in [5.74, 6) is 0.903. The molecular weight excluding hydrogens is 260 g/mol. The number of hydrogen-bond acceptors (Lipinski definition) is 3. The van der Waals surface area contributed by atoms with E-state index in [9.17, 15) is 0 Å². The summed E-state index contributed by atoms with van der Waals surface area (Å²) in [6.45, 7) is 8.98. The number of pyridine rings is 1. The molecule has 0 aliphatic heterocycles. The van der Waals surface area contributed by atoms with Gasteiger partial charge in [-0.3, -0.25) is 4.98 Å². The third-order valence-electron chi connectivity index (χ3n) is 3.32. The SMILES string of the molecule is Cc1cc(CCCCN)c2cc(OC(C)(C)C)ccc2n1. The van der Waals surface area contributed by atoms with Gasteiger partial charge in [0, 0.05) is 11.1 Å². The molecule has 1 aromatic heterocycles. The van der Waals surface area contributed by atoms with Gasteiger partial charge in [0.1, 0.15) is 11.4 Å². The third-order valence-corrected chi connectivity index (χ3v) is 3.32. The molecule has 0 unspecified atom stereocenters. The maximum atomic E-state index is 5.97. The highest BCUT2D eigenvalue weighted by molar-refractivity contribution is 5.84. The first-order valence-electron chi connectivity index (χ1n) is 7.68. The number of nitrogens with two attached hydrogens (primary N) is 1. The lowest BCUT2D eigenvalue weighted by molar-refractivity contribution is 0.131. The molecule has 0 saturated heterocycles. The van der Waals surface area contributed by atoms with Crippen LogP contribution in [-0.4, -0.2) is 17.1 Å². The molecule has 0 saturated carbocycles. The topological polar surface area (TPSA) is 48.1 Å². The molecule has 0 fully saturated rings. The Balaban J connectivity index is 2.38. The van der Waals surface area contributed by atoms with Crippen LogP contribution < -0.4 is 10.5 Å². The van der Waals surface area contributed by atoms with E-state index < -0.39 is 0 Å². The minimum absolute atomic E-state index is 0.189. The molecule has 2 N–H and O–H groups in total. The Morgan fingerprint density at radius 3 is 2.57 bits per heavy atom. The summed E-state index contributed by atoms with van der Waals surface area (Å²) in [4.78, 5) is 4.62. The number of hydrogen-bond donors (Lipinski definition) is 1.